The highest BCUT2D eigenvalue weighted by atomic mass is 16.1. The Hall–Kier alpha value is -1.51. The van der Waals surface area contributed by atoms with Gasteiger partial charge >= 0.3 is 0 Å². The number of benzene rings is 1. The summed E-state index contributed by atoms with van der Waals surface area (Å²) < 4.78 is 0. The Morgan fingerprint density at radius 3 is 2.62 bits per heavy atom. The third-order valence-corrected chi connectivity index (χ3v) is 4.70. The molecule has 0 atom stereocenters. The number of nitrogens with two attached hydrogens (primary N) is 1. The lowest BCUT2D eigenvalue weighted by Gasteiger charge is -2.31. The standard InChI is InChI=1S/C18H28N2O/c1-13(2)11-18(9-4-5-10-18)12-20-17(21)15-8-6-7-14(3)16(15)19/h6-8,13H,4-5,9-12,19H2,1-3H3,(H,20,21). The van der Waals surface area contributed by atoms with Crippen LogP contribution in [-0.4, -0.2) is 12.5 Å². The molecule has 0 spiro atoms. The summed E-state index contributed by atoms with van der Waals surface area (Å²) in [5.41, 5.74) is 8.47. The summed E-state index contributed by atoms with van der Waals surface area (Å²) in [6.07, 6.45) is 6.23. The van der Waals surface area contributed by atoms with Crippen LogP contribution in [0.4, 0.5) is 5.69 Å². The van der Waals surface area contributed by atoms with E-state index in [-0.39, 0.29) is 5.91 Å². The Morgan fingerprint density at radius 2 is 2.00 bits per heavy atom. The Kier molecular flexibility index (Phi) is 4.92. The van der Waals surface area contributed by atoms with Gasteiger partial charge in [0.15, 0.2) is 0 Å². The van der Waals surface area contributed by atoms with E-state index in [1.807, 2.05) is 19.1 Å². The van der Waals surface area contributed by atoms with Crippen LogP contribution in [0.2, 0.25) is 0 Å². The third-order valence-electron chi connectivity index (χ3n) is 4.70. The van der Waals surface area contributed by atoms with Crippen LogP contribution < -0.4 is 11.1 Å². The van der Waals surface area contributed by atoms with Gasteiger partial charge in [0.1, 0.15) is 0 Å². The lowest BCUT2D eigenvalue weighted by molar-refractivity contribution is 0.0922. The number of para-hydroxylation sites is 1. The van der Waals surface area contributed by atoms with E-state index >= 15 is 0 Å². The molecule has 3 nitrogen and oxygen atoms in total. The van der Waals surface area contributed by atoms with Crippen LogP contribution in [0.15, 0.2) is 18.2 Å². The van der Waals surface area contributed by atoms with Gasteiger partial charge in [0.05, 0.1) is 5.56 Å². The van der Waals surface area contributed by atoms with Crippen LogP contribution in [-0.2, 0) is 0 Å². The zero-order valence-corrected chi connectivity index (χ0v) is 13.5. The van der Waals surface area contributed by atoms with Gasteiger partial charge < -0.3 is 11.1 Å². The van der Waals surface area contributed by atoms with Crippen molar-refractivity contribution in [1.29, 1.82) is 0 Å². The first kappa shape index (κ1) is 15.9. The number of aryl methyl sites for hydroxylation is 1. The molecule has 3 N–H and O–H groups in total. The molecule has 0 aromatic heterocycles. The van der Waals surface area contributed by atoms with Gasteiger partial charge in [0, 0.05) is 12.2 Å². The van der Waals surface area contributed by atoms with E-state index < -0.39 is 0 Å². The van der Waals surface area contributed by atoms with Gasteiger partial charge in [-0.1, -0.05) is 38.8 Å². The average Bonchev–Trinajstić information content (AvgIpc) is 2.87. The predicted octanol–water partition coefficient (Wildman–Crippen LogP) is 3.91. The largest absolute Gasteiger partial charge is 0.398 e. The molecular weight excluding hydrogens is 260 g/mol. The van der Waals surface area contributed by atoms with Gasteiger partial charge in [-0.3, -0.25) is 4.79 Å². The highest BCUT2D eigenvalue weighted by molar-refractivity contribution is 5.99. The van der Waals surface area contributed by atoms with Crippen molar-refractivity contribution in [2.45, 2.75) is 52.9 Å². The van der Waals surface area contributed by atoms with Crippen molar-refractivity contribution in [3.05, 3.63) is 29.3 Å². The predicted molar refractivity (Wildman–Crippen MR) is 88.3 cm³/mol. The molecule has 1 aliphatic carbocycles. The zero-order valence-electron chi connectivity index (χ0n) is 13.5. The summed E-state index contributed by atoms with van der Waals surface area (Å²) in [6, 6.07) is 5.63. The maximum Gasteiger partial charge on any atom is 0.253 e. The number of amides is 1. The summed E-state index contributed by atoms with van der Waals surface area (Å²) in [5.74, 6) is 0.635. The topological polar surface area (TPSA) is 55.1 Å². The minimum absolute atomic E-state index is 0.0359. The van der Waals surface area contributed by atoms with Crippen molar-refractivity contribution in [3.63, 3.8) is 0 Å². The molecule has 0 bridgehead atoms. The van der Waals surface area contributed by atoms with Gasteiger partial charge in [0.25, 0.3) is 5.91 Å². The number of hydrogen-bond donors (Lipinski definition) is 2. The van der Waals surface area contributed by atoms with E-state index in [0.717, 1.165) is 12.1 Å². The second kappa shape index (κ2) is 6.50. The maximum atomic E-state index is 12.4. The van der Waals surface area contributed by atoms with Crippen molar-refractivity contribution in [2.24, 2.45) is 11.3 Å². The summed E-state index contributed by atoms with van der Waals surface area (Å²) >= 11 is 0. The zero-order chi connectivity index (χ0) is 15.5. The molecule has 0 saturated heterocycles. The second-order valence-electron chi connectivity index (χ2n) is 7.02. The van der Waals surface area contributed by atoms with Crippen molar-refractivity contribution < 1.29 is 4.79 Å². The monoisotopic (exact) mass is 288 g/mol. The molecule has 1 amide bonds. The quantitative estimate of drug-likeness (QED) is 0.807. The van der Waals surface area contributed by atoms with Gasteiger partial charge in [-0.05, 0) is 49.1 Å². The smallest absolute Gasteiger partial charge is 0.253 e. The second-order valence-corrected chi connectivity index (χ2v) is 7.02. The molecule has 0 radical (unpaired) electrons. The summed E-state index contributed by atoms with van der Waals surface area (Å²) in [4.78, 5) is 12.4. The minimum Gasteiger partial charge on any atom is -0.398 e. The summed E-state index contributed by atoms with van der Waals surface area (Å²) in [7, 11) is 0. The van der Waals surface area contributed by atoms with E-state index in [2.05, 4.69) is 19.2 Å². The first-order chi connectivity index (χ1) is 9.93. The molecule has 1 aromatic carbocycles. The fourth-order valence-corrected chi connectivity index (χ4v) is 3.69. The molecule has 1 fully saturated rings. The number of nitrogens with one attached hydrogen (secondary N) is 1. The van der Waals surface area contributed by atoms with E-state index in [1.54, 1.807) is 6.07 Å². The molecule has 21 heavy (non-hydrogen) atoms. The SMILES string of the molecule is Cc1cccc(C(=O)NCC2(CC(C)C)CCCC2)c1N. The minimum atomic E-state index is -0.0359. The maximum absolute atomic E-state index is 12.4. The molecule has 1 aromatic rings. The first-order valence-electron chi connectivity index (χ1n) is 8.07. The van der Waals surface area contributed by atoms with Crippen molar-refractivity contribution in [2.75, 3.05) is 12.3 Å². The van der Waals surface area contributed by atoms with Gasteiger partial charge in [-0.15, -0.1) is 0 Å². The number of nitrogen functional groups attached to an aromatic ring is 1. The van der Waals surface area contributed by atoms with Crippen LogP contribution in [0, 0.1) is 18.3 Å². The van der Waals surface area contributed by atoms with E-state index in [0.29, 0.717) is 22.6 Å². The summed E-state index contributed by atoms with van der Waals surface area (Å²) in [6.45, 7) is 7.24. The third kappa shape index (κ3) is 3.78. The molecule has 0 unspecified atom stereocenters. The van der Waals surface area contributed by atoms with Gasteiger partial charge in [-0.25, -0.2) is 0 Å². The molecule has 1 saturated carbocycles. The molecule has 0 aliphatic heterocycles. The van der Waals surface area contributed by atoms with Crippen LogP contribution in [0.25, 0.3) is 0 Å². The number of carbonyl (C=O) groups is 1. The number of hydrogen-bond acceptors (Lipinski definition) is 2. The lowest BCUT2D eigenvalue weighted by Crippen LogP contribution is -2.37. The normalized spacial score (nSPS) is 17.1. The van der Waals surface area contributed by atoms with Crippen molar-refractivity contribution in [1.82, 2.24) is 5.32 Å². The fraction of sp³-hybridized carbons (Fsp3) is 0.611. The highest BCUT2D eigenvalue weighted by Crippen LogP contribution is 2.42. The average molecular weight is 288 g/mol. The Bertz CT molecular complexity index is 502. The van der Waals surface area contributed by atoms with Gasteiger partial charge in [-0.2, -0.15) is 0 Å². The van der Waals surface area contributed by atoms with Crippen molar-refractivity contribution in [3.8, 4) is 0 Å². The number of rotatable bonds is 5. The number of carbonyl (C=O) groups excluding carboxylic acids is 1. The van der Waals surface area contributed by atoms with Crippen LogP contribution >= 0.6 is 0 Å². The molecule has 0 heterocycles. The molecule has 116 valence electrons. The van der Waals surface area contributed by atoms with Gasteiger partial charge in [0.2, 0.25) is 0 Å². The van der Waals surface area contributed by atoms with E-state index in [4.69, 9.17) is 5.73 Å². The molecule has 1 aliphatic rings. The first-order valence-corrected chi connectivity index (χ1v) is 8.07. The molecule has 3 heteroatoms. The van der Waals surface area contributed by atoms with E-state index in [1.165, 1.54) is 32.1 Å². The number of anilines is 1. The van der Waals surface area contributed by atoms with Crippen LogP contribution in [0.5, 0.6) is 0 Å². The van der Waals surface area contributed by atoms with Crippen molar-refractivity contribution >= 4 is 11.6 Å². The van der Waals surface area contributed by atoms with Crippen LogP contribution in [0.1, 0.15) is 61.9 Å². The molecule has 2 rings (SSSR count). The Morgan fingerprint density at radius 1 is 1.33 bits per heavy atom. The Labute approximate surface area is 128 Å². The van der Waals surface area contributed by atoms with E-state index in [9.17, 15) is 4.79 Å². The highest BCUT2D eigenvalue weighted by Gasteiger charge is 2.34. The fourth-order valence-electron chi connectivity index (χ4n) is 3.69. The lowest BCUT2D eigenvalue weighted by atomic mass is 9.78. The summed E-state index contributed by atoms with van der Waals surface area (Å²) in [5, 5.41) is 3.14. The van der Waals surface area contributed by atoms with Crippen LogP contribution in [0.3, 0.4) is 0 Å². The Balaban J connectivity index is 2.04. The molecular formula is C18H28N2O.